The van der Waals surface area contributed by atoms with E-state index in [1.54, 1.807) is 25.2 Å². The average Bonchev–Trinajstić information content (AvgIpc) is 3.90. The van der Waals surface area contributed by atoms with Crippen LogP contribution in [0.3, 0.4) is 0 Å². The Kier molecular flexibility index (Phi) is 6.51. The lowest BCUT2D eigenvalue weighted by molar-refractivity contribution is -0.235. The normalized spacial score (nSPS) is 35.3. The van der Waals surface area contributed by atoms with Crippen LogP contribution in [-0.4, -0.2) is 96.3 Å². The maximum atomic E-state index is 13.9. The lowest BCUT2D eigenvalue weighted by Gasteiger charge is -2.48. The van der Waals surface area contributed by atoms with Crippen LogP contribution in [0.25, 0.3) is 6.08 Å². The van der Waals surface area contributed by atoms with Gasteiger partial charge in [0.05, 0.1) is 13.2 Å². The van der Waals surface area contributed by atoms with Gasteiger partial charge in [0.1, 0.15) is 29.8 Å². The second-order valence-corrected chi connectivity index (χ2v) is 12.4. The van der Waals surface area contributed by atoms with E-state index in [2.05, 4.69) is 5.32 Å². The molecule has 41 heavy (non-hydrogen) atoms. The lowest BCUT2D eigenvalue weighted by atomic mass is 9.62. The molecule has 220 valence electrons. The molecule has 6 aliphatic rings. The van der Waals surface area contributed by atoms with Gasteiger partial charge in [0.2, 0.25) is 11.8 Å². The Balaban J connectivity index is 1.22. The fourth-order valence-electron chi connectivity index (χ4n) is 7.29. The highest BCUT2D eigenvalue weighted by atomic mass is 16.8. The topological polar surface area (TPSA) is 127 Å². The average molecular weight is 568 g/mol. The number of nitrogens with one attached hydrogen (secondary N) is 1. The zero-order valence-corrected chi connectivity index (χ0v) is 23.4. The number of hydrogen-bond acceptors (Lipinski definition) is 9. The van der Waals surface area contributed by atoms with E-state index in [9.17, 15) is 19.5 Å². The molecule has 3 aliphatic carbocycles. The number of esters is 1. The van der Waals surface area contributed by atoms with E-state index in [1.807, 2.05) is 24.3 Å². The highest BCUT2D eigenvalue weighted by Crippen LogP contribution is 2.63. The van der Waals surface area contributed by atoms with Gasteiger partial charge in [-0.05, 0) is 42.9 Å². The molecular weight excluding hydrogens is 530 g/mol. The van der Waals surface area contributed by atoms with E-state index in [-0.39, 0.29) is 37.9 Å². The fourth-order valence-corrected chi connectivity index (χ4v) is 7.29. The number of hydroxylamine groups is 2. The third kappa shape index (κ3) is 4.32. The smallest absolute Gasteiger partial charge is 0.327 e. The molecule has 0 radical (unpaired) electrons. The van der Waals surface area contributed by atoms with E-state index in [4.69, 9.17) is 19.0 Å². The summed E-state index contributed by atoms with van der Waals surface area (Å²) >= 11 is 0. The van der Waals surface area contributed by atoms with Crippen LogP contribution >= 0.6 is 0 Å². The molecule has 1 aromatic carbocycles. The molecule has 1 aromatic rings. The van der Waals surface area contributed by atoms with Gasteiger partial charge in [0, 0.05) is 45.0 Å². The summed E-state index contributed by atoms with van der Waals surface area (Å²) in [5, 5.41) is 13.8. The molecule has 2 N–H and O–H groups in total. The molecule has 2 bridgehead atoms. The first-order valence-corrected chi connectivity index (χ1v) is 14.6. The van der Waals surface area contributed by atoms with Crippen molar-refractivity contribution >= 4 is 23.9 Å². The molecule has 11 nitrogen and oxygen atoms in total. The maximum absolute atomic E-state index is 13.9. The highest BCUT2D eigenvalue weighted by molar-refractivity contribution is 5.93. The van der Waals surface area contributed by atoms with Gasteiger partial charge in [0.25, 0.3) is 0 Å². The number of benzene rings is 1. The molecule has 3 saturated carbocycles. The van der Waals surface area contributed by atoms with Crippen LogP contribution in [0.2, 0.25) is 0 Å². The van der Waals surface area contributed by atoms with Gasteiger partial charge in [-0.2, -0.15) is 5.06 Å². The lowest BCUT2D eigenvalue weighted by Crippen LogP contribution is -2.69. The second-order valence-electron chi connectivity index (χ2n) is 12.4. The maximum Gasteiger partial charge on any atom is 0.327 e. The number of nitrogens with zero attached hydrogens (tertiary/aromatic N) is 2. The van der Waals surface area contributed by atoms with Crippen LogP contribution in [0.15, 0.2) is 30.3 Å². The molecule has 2 amide bonds. The van der Waals surface area contributed by atoms with Gasteiger partial charge >= 0.3 is 5.97 Å². The van der Waals surface area contributed by atoms with E-state index in [1.165, 1.54) is 11.0 Å². The van der Waals surface area contributed by atoms with Gasteiger partial charge in [-0.1, -0.05) is 24.3 Å². The van der Waals surface area contributed by atoms with Crippen LogP contribution in [0, 0.1) is 17.3 Å². The third-order valence-electron chi connectivity index (χ3n) is 9.45. The first-order chi connectivity index (χ1) is 19.8. The summed E-state index contributed by atoms with van der Waals surface area (Å²) < 4.78 is 19.6. The van der Waals surface area contributed by atoms with Crippen molar-refractivity contribution in [2.45, 2.75) is 74.9 Å². The Morgan fingerprint density at radius 1 is 1.15 bits per heavy atom. The molecule has 0 aromatic heterocycles. The zero-order chi connectivity index (χ0) is 28.5. The number of carbonyl (C=O) groups excluding carboxylic acids is 3. The monoisotopic (exact) mass is 567 g/mol. The molecule has 7 rings (SSSR count). The summed E-state index contributed by atoms with van der Waals surface area (Å²) in [6, 6.07) is 6.61. The van der Waals surface area contributed by atoms with Crippen LogP contribution in [0.5, 0.6) is 0 Å². The number of aliphatic hydroxyl groups excluding tert-OH is 1. The van der Waals surface area contributed by atoms with Crippen molar-refractivity contribution in [1.82, 2.24) is 15.3 Å². The summed E-state index contributed by atoms with van der Waals surface area (Å²) in [6.07, 6.45) is 5.20. The third-order valence-corrected chi connectivity index (χ3v) is 9.45. The number of ether oxygens (including phenoxy) is 3. The minimum absolute atomic E-state index is 0.0688. The molecule has 6 fully saturated rings. The minimum atomic E-state index is -1.25. The fraction of sp³-hybridized carbons (Fsp3) is 0.633. The summed E-state index contributed by atoms with van der Waals surface area (Å²) in [4.78, 5) is 47.7. The number of likely N-dealkylation sites (N-methyl/N-ethyl adjacent to an activating group) is 1. The van der Waals surface area contributed by atoms with E-state index in [0.29, 0.717) is 11.8 Å². The van der Waals surface area contributed by atoms with Crippen molar-refractivity contribution in [2.24, 2.45) is 17.3 Å². The summed E-state index contributed by atoms with van der Waals surface area (Å²) in [6.45, 7) is 0.0671. The van der Waals surface area contributed by atoms with Crippen LogP contribution < -0.4 is 5.32 Å². The Labute approximate surface area is 238 Å². The van der Waals surface area contributed by atoms with Crippen molar-refractivity contribution in [3.05, 3.63) is 41.5 Å². The first-order valence-electron chi connectivity index (χ1n) is 14.6. The molecule has 0 unspecified atom stereocenters. The first kappa shape index (κ1) is 27.0. The van der Waals surface area contributed by atoms with Crippen LogP contribution in [-0.2, 0) is 40.0 Å². The Hall–Kier alpha value is -2.83. The van der Waals surface area contributed by atoms with Crippen molar-refractivity contribution in [2.75, 3.05) is 27.2 Å². The van der Waals surface area contributed by atoms with Gasteiger partial charge < -0.3 is 29.5 Å². The minimum Gasteiger partial charge on any atom is -0.458 e. The number of carbonyl (C=O) groups is 3. The quantitative estimate of drug-likeness (QED) is 0.332. The predicted molar refractivity (Wildman–Crippen MR) is 143 cm³/mol. The second kappa shape index (κ2) is 9.88. The molecule has 0 spiro atoms. The SMILES string of the molecule is CN(C)C(=O)C=Cc1cccc(CN2O[C@@H]3[C@H]4OC(C5CC5)(C5CC5)O[C@H]4[C@H]4C[C@]3(C(=O)NCCO)[C@@H]2C(=O)O4)c1. The molecule has 3 heterocycles. The zero-order valence-electron chi connectivity index (χ0n) is 23.4. The van der Waals surface area contributed by atoms with Gasteiger partial charge in [-0.3, -0.25) is 19.2 Å². The molecule has 3 aliphatic heterocycles. The molecule has 3 saturated heterocycles. The summed E-state index contributed by atoms with van der Waals surface area (Å²) in [5.41, 5.74) is 0.412. The van der Waals surface area contributed by atoms with E-state index < -0.39 is 47.6 Å². The van der Waals surface area contributed by atoms with Crippen molar-refractivity contribution in [3.63, 3.8) is 0 Å². The van der Waals surface area contributed by atoms with Crippen molar-refractivity contribution in [1.29, 1.82) is 0 Å². The number of fused-ring (bicyclic) bond motifs is 4. The molecule has 11 heteroatoms. The standard InChI is InChI=1S/C30H37N3O8/c1-32(2)22(35)11-6-17-4-3-5-18(14-17)16-33-25-27(36)38-21-15-29(25,28(37)31-12-13-34)26(41-33)24-23(21)39-30(40-24,19-7-8-19)20-9-10-20/h3-6,11,14,19-21,23-26,34H,7-10,12-13,15-16H2,1-2H3,(H,31,37)/t21-,23+,24+,25+,26-,29+/m1/s1. The number of amides is 2. The van der Waals surface area contributed by atoms with E-state index >= 15 is 0 Å². The van der Waals surface area contributed by atoms with Crippen molar-refractivity contribution < 1.29 is 38.5 Å². The highest BCUT2D eigenvalue weighted by Gasteiger charge is 2.78. The molecular formula is C30H37N3O8. The largest absolute Gasteiger partial charge is 0.458 e. The van der Waals surface area contributed by atoms with Crippen molar-refractivity contribution in [3.8, 4) is 0 Å². The van der Waals surface area contributed by atoms with E-state index in [0.717, 1.165) is 36.8 Å². The Morgan fingerprint density at radius 2 is 1.88 bits per heavy atom. The number of rotatable bonds is 9. The van der Waals surface area contributed by atoms with Crippen LogP contribution in [0.1, 0.15) is 43.2 Å². The Bertz CT molecular complexity index is 1260. The van der Waals surface area contributed by atoms with Gasteiger partial charge in [-0.25, -0.2) is 0 Å². The predicted octanol–water partition coefficient (Wildman–Crippen LogP) is 0.997. The summed E-state index contributed by atoms with van der Waals surface area (Å²) in [5.74, 6) is -1.09. The van der Waals surface area contributed by atoms with Gasteiger partial charge in [-0.15, -0.1) is 0 Å². The molecule has 6 atom stereocenters. The summed E-state index contributed by atoms with van der Waals surface area (Å²) in [7, 11) is 3.38. The van der Waals surface area contributed by atoms with Crippen LogP contribution in [0.4, 0.5) is 0 Å². The Morgan fingerprint density at radius 3 is 2.56 bits per heavy atom. The number of hydrogen-bond donors (Lipinski definition) is 2. The number of aliphatic hydroxyl groups is 1. The van der Waals surface area contributed by atoms with Gasteiger partial charge in [0.15, 0.2) is 11.8 Å².